The van der Waals surface area contributed by atoms with E-state index in [4.69, 9.17) is 0 Å². The van der Waals surface area contributed by atoms with Gasteiger partial charge in [0.05, 0.1) is 0 Å². The maximum absolute atomic E-state index is 12.9. The van der Waals surface area contributed by atoms with Crippen LogP contribution in [0.1, 0.15) is 48.3 Å². The molecule has 4 rings (SSSR count). The minimum absolute atomic E-state index is 0.0472. The smallest absolute Gasteiger partial charge is 0.220 e. The first-order valence-electron chi connectivity index (χ1n) is 11.2. The molecule has 2 heterocycles. The van der Waals surface area contributed by atoms with E-state index >= 15 is 0 Å². The Morgan fingerprint density at radius 2 is 1.87 bits per heavy atom. The average Bonchev–Trinajstić information content (AvgIpc) is 3.09. The summed E-state index contributed by atoms with van der Waals surface area (Å²) in [5, 5.41) is 4.41. The number of rotatable bonds is 7. The van der Waals surface area contributed by atoms with Crippen LogP contribution in [0.4, 0.5) is 0 Å². The van der Waals surface area contributed by atoms with Gasteiger partial charge in [0, 0.05) is 49.6 Å². The maximum Gasteiger partial charge on any atom is 0.220 e. The van der Waals surface area contributed by atoms with Gasteiger partial charge in [-0.25, -0.2) is 0 Å². The van der Waals surface area contributed by atoms with Gasteiger partial charge in [0.25, 0.3) is 0 Å². The number of hydrogen-bond donors (Lipinski definition) is 1. The van der Waals surface area contributed by atoms with Crippen molar-refractivity contribution in [2.75, 3.05) is 26.2 Å². The van der Waals surface area contributed by atoms with Gasteiger partial charge in [0.2, 0.25) is 5.91 Å². The standard InChI is InChI=1S/C26H33N3O/c1-20-9-8-10-21(17-20)23(24-19-28(2)25-12-5-4-11-22(24)25)18-26(30)27-13-16-29-14-6-3-7-15-29/h4-5,8-12,17,19,23H,3,6-7,13-16,18H2,1-2H3,(H,27,30)/t23-/m0/s1. The second-order valence-corrected chi connectivity index (χ2v) is 8.64. The molecule has 4 heteroatoms. The highest BCUT2D eigenvalue weighted by Crippen LogP contribution is 2.34. The highest BCUT2D eigenvalue weighted by Gasteiger charge is 2.22. The van der Waals surface area contributed by atoms with E-state index in [1.165, 1.54) is 46.9 Å². The van der Waals surface area contributed by atoms with E-state index in [1.807, 2.05) is 0 Å². The Balaban J connectivity index is 1.53. The second-order valence-electron chi connectivity index (χ2n) is 8.64. The van der Waals surface area contributed by atoms with Crippen molar-refractivity contribution < 1.29 is 4.79 Å². The largest absolute Gasteiger partial charge is 0.355 e. The molecule has 1 N–H and O–H groups in total. The summed E-state index contributed by atoms with van der Waals surface area (Å²) in [5.74, 6) is 0.178. The number of aryl methyl sites for hydroxylation is 2. The van der Waals surface area contributed by atoms with Gasteiger partial charge in [0.15, 0.2) is 0 Å². The van der Waals surface area contributed by atoms with E-state index in [9.17, 15) is 4.79 Å². The second kappa shape index (κ2) is 9.48. The Morgan fingerprint density at radius 3 is 2.67 bits per heavy atom. The monoisotopic (exact) mass is 403 g/mol. The summed E-state index contributed by atoms with van der Waals surface area (Å²) < 4.78 is 2.17. The van der Waals surface area contributed by atoms with Crippen molar-refractivity contribution in [3.8, 4) is 0 Å². The summed E-state index contributed by atoms with van der Waals surface area (Å²) in [6, 6.07) is 17.0. The molecule has 30 heavy (non-hydrogen) atoms. The van der Waals surface area contributed by atoms with Crippen molar-refractivity contribution in [3.63, 3.8) is 0 Å². The van der Waals surface area contributed by atoms with Crippen LogP contribution in [0, 0.1) is 6.92 Å². The van der Waals surface area contributed by atoms with Crippen LogP contribution < -0.4 is 5.32 Å². The predicted octanol–water partition coefficient (Wildman–Crippen LogP) is 4.61. The number of carbonyl (C=O) groups excluding carboxylic acids is 1. The first-order valence-corrected chi connectivity index (χ1v) is 11.2. The van der Waals surface area contributed by atoms with E-state index in [0.717, 1.165) is 26.2 Å². The molecule has 0 spiro atoms. The zero-order chi connectivity index (χ0) is 20.9. The number of aromatic nitrogens is 1. The van der Waals surface area contributed by atoms with E-state index in [2.05, 4.69) is 83.5 Å². The lowest BCUT2D eigenvalue weighted by atomic mass is 9.87. The first-order chi connectivity index (χ1) is 14.6. The number of nitrogens with zero attached hydrogens (tertiary/aromatic N) is 2. The highest BCUT2D eigenvalue weighted by molar-refractivity contribution is 5.86. The minimum atomic E-state index is 0.0472. The third kappa shape index (κ3) is 4.76. The molecule has 0 aliphatic carbocycles. The number of fused-ring (bicyclic) bond motifs is 1. The Morgan fingerprint density at radius 1 is 1.07 bits per heavy atom. The average molecular weight is 404 g/mol. The van der Waals surface area contributed by atoms with Crippen molar-refractivity contribution >= 4 is 16.8 Å². The minimum Gasteiger partial charge on any atom is -0.355 e. The van der Waals surface area contributed by atoms with Crippen LogP contribution in [0.15, 0.2) is 54.7 Å². The highest BCUT2D eigenvalue weighted by atomic mass is 16.1. The lowest BCUT2D eigenvalue weighted by molar-refractivity contribution is -0.121. The lowest BCUT2D eigenvalue weighted by Gasteiger charge is -2.26. The molecule has 3 aromatic rings. The number of carbonyl (C=O) groups is 1. The van der Waals surface area contributed by atoms with Crippen LogP contribution >= 0.6 is 0 Å². The molecule has 0 unspecified atom stereocenters. The van der Waals surface area contributed by atoms with Crippen molar-refractivity contribution in [2.24, 2.45) is 7.05 Å². The summed E-state index contributed by atoms with van der Waals surface area (Å²) in [5.41, 5.74) is 4.86. The van der Waals surface area contributed by atoms with Crippen LogP contribution in [-0.4, -0.2) is 41.6 Å². The van der Waals surface area contributed by atoms with Gasteiger partial charge in [-0.1, -0.05) is 54.4 Å². The molecule has 1 atom stereocenters. The Labute approximate surface area is 179 Å². The van der Waals surface area contributed by atoms with E-state index in [0.29, 0.717) is 6.42 Å². The van der Waals surface area contributed by atoms with E-state index in [-0.39, 0.29) is 11.8 Å². The van der Waals surface area contributed by atoms with E-state index < -0.39 is 0 Å². The fourth-order valence-electron chi connectivity index (χ4n) is 4.74. The Hall–Kier alpha value is -2.59. The number of benzene rings is 2. The van der Waals surface area contributed by atoms with Crippen LogP contribution in [-0.2, 0) is 11.8 Å². The summed E-state index contributed by atoms with van der Waals surface area (Å²) in [7, 11) is 2.08. The molecule has 1 aliphatic heterocycles. The molecule has 158 valence electrons. The van der Waals surface area contributed by atoms with Crippen LogP contribution in [0.5, 0.6) is 0 Å². The lowest BCUT2D eigenvalue weighted by Crippen LogP contribution is -2.38. The predicted molar refractivity (Wildman–Crippen MR) is 124 cm³/mol. The summed E-state index contributed by atoms with van der Waals surface area (Å²) in [6.45, 7) is 6.13. The zero-order valence-corrected chi connectivity index (χ0v) is 18.2. The van der Waals surface area contributed by atoms with Gasteiger partial charge in [0.1, 0.15) is 0 Å². The first kappa shape index (κ1) is 20.7. The van der Waals surface area contributed by atoms with Crippen molar-refractivity contribution in [1.82, 2.24) is 14.8 Å². The molecular formula is C26H33N3O. The molecule has 1 aliphatic rings. The fraction of sp³-hybridized carbons (Fsp3) is 0.423. The van der Waals surface area contributed by atoms with Crippen LogP contribution in [0.3, 0.4) is 0 Å². The molecule has 1 amide bonds. The topological polar surface area (TPSA) is 37.3 Å². The molecule has 1 saturated heterocycles. The Bertz CT molecular complexity index is 1000. The van der Waals surface area contributed by atoms with Gasteiger partial charge < -0.3 is 14.8 Å². The Kier molecular flexibility index (Phi) is 6.53. The summed E-state index contributed by atoms with van der Waals surface area (Å²) in [4.78, 5) is 15.4. The SMILES string of the molecule is Cc1cccc([C@H](CC(=O)NCCN2CCCCC2)c2cn(C)c3ccccc23)c1. The van der Waals surface area contributed by atoms with Crippen LogP contribution in [0.2, 0.25) is 0 Å². The molecule has 4 nitrogen and oxygen atoms in total. The molecule has 0 bridgehead atoms. The number of hydrogen-bond acceptors (Lipinski definition) is 2. The molecule has 0 radical (unpaired) electrons. The van der Waals surface area contributed by atoms with Gasteiger partial charge in [-0.05, 0) is 50.0 Å². The fourth-order valence-corrected chi connectivity index (χ4v) is 4.74. The number of amides is 1. The number of nitrogens with one attached hydrogen (secondary N) is 1. The van der Waals surface area contributed by atoms with Crippen molar-refractivity contribution in [1.29, 1.82) is 0 Å². The van der Waals surface area contributed by atoms with Gasteiger partial charge >= 0.3 is 0 Å². The van der Waals surface area contributed by atoms with E-state index in [1.54, 1.807) is 0 Å². The van der Waals surface area contributed by atoms with Gasteiger partial charge in [-0.3, -0.25) is 4.79 Å². The van der Waals surface area contributed by atoms with Crippen molar-refractivity contribution in [2.45, 2.75) is 38.5 Å². The number of piperidine rings is 1. The molecule has 0 saturated carbocycles. The molecule has 1 aromatic heterocycles. The summed E-state index contributed by atoms with van der Waals surface area (Å²) >= 11 is 0. The van der Waals surface area contributed by atoms with Gasteiger partial charge in [-0.15, -0.1) is 0 Å². The molecule has 1 fully saturated rings. The van der Waals surface area contributed by atoms with Crippen LogP contribution in [0.25, 0.3) is 10.9 Å². The third-order valence-corrected chi connectivity index (χ3v) is 6.34. The number of likely N-dealkylation sites (tertiary alicyclic amines) is 1. The number of para-hydroxylation sites is 1. The normalized spacial score (nSPS) is 15.9. The quantitative estimate of drug-likeness (QED) is 0.625. The third-order valence-electron chi connectivity index (χ3n) is 6.34. The van der Waals surface area contributed by atoms with Gasteiger partial charge in [-0.2, -0.15) is 0 Å². The maximum atomic E-state index is 12.9. The summed E-state index contributed by atoms with van der Waals surface area (Å²) in [6.07, 6.45) is 6.57. The van der Waals surface area contributed by atoms with Crippen molar-refractivity contribution in [3.05, 3.63) is 71.4 Å². The molecule has 2 aromatic carbocycles. The molecular weight excluding hydrogens is 370 g/mol. The zero-order valence-electron chi connectivity index (χ0n) is 18.2.